The zero-order valence-electron chi connectivity index (χ0n) is 14.4. The lowest BCUT2D eigenvalue weighted by atomic mass is 9.81. The van der Waals surface area contributed by atoms with E-state index >= 15 is 0 Å². The van der Waals surface area contributed by atoms with Crippen LogP contribution < -0.4 is 10.5 Å². The molecule has 0 aliphatic rings. The van der Waals surface area contributed by atoms with Crippen LogP contribution in [0.5, 0.6) is 5.75 Å². The zero-order valence-corrected chi connectivity index (χ0v) is 14.4. The molecule has 2 atom stereocenters. The second-order valence-electron chi connectivity index (χ2n) is 6.94. The number of aryl methyl sites for hydroxylation is 1. The number of rotatable bonds is 6. The smallest absolute Gasteiger partial charge is 0.126 e. The van der Waals surface area contributed by atoms with Gasteiger partial charge in [0.1, 0.15) is 5.75 Å². The Morgan fingerprint density at radius 2 is 1.90 bits per heavy atom. The van der Waals surface area contributed by atoms with Gasteiger partial charge in [-0.2, -0.15) is 0 Å². The van der Waals surface area contributed by atoms with Gasteiger partial charge >= 0.3 is 0 Å². The van der Waals surface area contributed by atoms with Crippen LogP contribution in [0.4, 0.5) is 0 Å². The van der Waals surface area contributed by atoms with Crippen molar-refractivity contribution in [3.05, 3.63) is 28.8 Å². The van der Waals surface area contributed by atoms with Crippen LogP contribution in [0.15, 0.2) is 12.1 Å². The topological polar surface area (TPSA) is 55.5 Å². The van der Waals surface area contributed by atoms with E-state index in [1.165, 1.54) is 16.7 Å². The lowest BCUT2D eigenvalue weighted by Crippen LogP contribution is -2.22. The summed E-state index contributed by atoms with van der Waals surface area (Å²) in [5, 5.41) is 9.84. The SMILES string of the molecule is CCOc1c(C(C)CC(O)CN)cc(C)cc1C(C)(C)C. The van der Waals surface area contributed by atoms with Crippen molar-refractivity contribution in [2.45, 2.75) is 65.4 Å². The Hall–Kier alpha value is -1.06. The number of hydrogen-bond acceptors (Lipinski definition) is 3. The van der Waals surface area contributed by atoms with Gasteiger partial charge in [0.05, 0.1) is 12.7 Å². The van der Waals surface area contributed by atoms with Crippen LogP contribution in [0.1, 0.15) is 63.6 Å². The molecule has 0 saturated heterocycles. The first kappa shape index (κ1) is 18.0. The second-order valence-corrected chi connectivity index (χ2v) is 6.94. The Kier molecular flexibility index (Phi) is 6.24. The summed E-state index contributed by atoms with van der Waals surface area (Å²) in [6.07, 6.45) is 0.192. The average Bonchev–Trinajstić information content (AvgIpc) is 2.38. The minimum absolute atomic E-state index is 0.0253. The minimum atomic E-state index is -0.465. The van der Waals surface area contributed by atoms with Gasteiger partial charge in [-0.15, -0.1) is 0 Å². The number of hydrogen-bond donors (Lipinski definition) is 2. The standard InChI is InChI=1S/C18H31NO2/c1-7-21-17-15(13(3)10-14(20)11-19)8-12(2)9-16(17)18(4,5)6/h8-9,13-14,20H,7,10-11,19H2,1-6H3. The molecule has 0 heterocycles. The van der Waals surface area contributed by atoms with Gasteiger partial charge in [0.2, 0.25) is 0 Å². The summed E-state index contributed by atoms with van der Waals surface area (Å²) in [5.41, 5.74) is 9.20. The van der Waals surface area contributed by atoms with Crippen LogP contribution in [0, 0.1) is 6.92 Å². The van der Waals surface area contributed by atoms with E-state index in [4.69, 9.17) is 10.5 Å². The molecule has 0 amide bonds. The highest BCUT2D eigenvalue weighted by Crippen LogP contribution is 2.39. The predicted octanol–water partition coefficient (Wildman–Crippen LogP) is 3.50. The van der Waals surface area contributed by atoms with Crippen molar-refractivity contribution in [3.63, 3.8) is 0 Å². The van der Waals surface area contributed by atoms with Crippen molar-refractivity contribution in [2.24, 2.45) is 5.73 Å². The van der Waals surface area contributed by atoms with Crippen LogP contribution >= 0.6 is 0 Å². The molecular weight excluding hydrogens is 262 g/mol. The number of benzene rings is 1. The fraction of sp³-hybridized carbons (Fsp3) is 0.667. The monoisotopic (exact) mass is 293 g/mol. The highest BCUT2D eigenvalue weighted by molar-refractivity contribution is 5.49. The third-order valence-electron chi connectivity index (χ3n) is 3.79. The van der Waals surface area contributed by atoms with Crippen molar-refractivity contribution >= 4 is 0 Å². The summed E-state index contributed by atoms with van der Waals surface area (Å²) < 4.78 is 5.97. The molecule has 3 heteroatoms. The third-order valence-corrected chi connectivity index (χ3v) is 3.79. The van der Waals surface area contributed by atoms with Crippen LogP contribution in [0.3, 0.4) is 0 Å². The Bertz CT molecular complexity index is 463. The molecule has 0 radical (unpaired) electrons. The number of ether oxygens (including phenoxy) is 1. The maximum absolute atomic E-state index is 9.84. The predicted molar refractivity (Wildman–Crippen MR) is 89.1 cm³/mol. The van der Waals surface area contributed by atoms with E-state index in [0.29, 0.717) is 19.6 Å². The second kappa shape index (κ2) is 7.28. The fourth-order valence-electron chi connectivity index (χ4n) is 2.66. The van der Waals surface area contributed by atoms with Gasteiger partial charge in [0.15, 0.2) is 0 Å². The van der Waals surface area contributed by atoms with E-state index < -0.39 is 6.10 Å². The van der Waals surface area contributed by atoms with Gasteiger partial charge in [-0.05, 0) is 37.2 Å². The largest absolute Gasteiger partial charge is 0.493 e. The molecule has 1 aromatic carbocycles. The lowest BCUT2D eigenvalue weighted by Gasteiger charge is -2.28. The van der Waals surface area contributed by atoms with Gasteiger partial charge in [0, 0.05) is 12.1 Å². The summed E-state index contributed by atoms with van der Waals surface area (Å²) >= 11 is 0. The quantitative estimate of drug-likeness (QED) is 0.844. The molecule has 120 valence electrons. The average molecular weight is 293 g/mol. The Morgan fingerprint density at radius 3 is 2.38 bits per heavy atom. The molecule has 0 spiro atoms. The van der Waals surface area contributed by atoms with E-state index in [1.807, 2.05) is 6.92 Å². The zero-order chi connectivity index (χ0) is 16.2. The van der Waals surface area contributed by atoms with Crippen LogP contribution in [0.25, 0.3) is 0 Å². The van der Waals surface area contributed by atoms with Gasteiger partial charge in [-0.1, -0.05) is 45.4 Å². The van der Waals surface area contributed by atoms with Crippen LogP contribution in [-0.4, -0.2) is 24.4 Å². The Labute approximate surface area is 129 Å². The molecule has 2 unspecified atom stereocenters. The molecular formula is C18H31NO2. The molecule has 0 aromatic heterocycles. The van der Waals surface area contributed by atoms with Crippen LogP contribution in [0.2, 0.25) is 0 Å². The first-order chi connectivity index (χ1) is 9.70. The van der Waals surface area contributed by atoms with E-state index in [0.717, 1.165) is 5.75 Å². The summed E-state index contributed by atoms with van der Waals surface area (Å²) in [4.78, 5) is 0. The molecule has 0 bridgehead atoms. The molecule has 1 rings (SSSR count). The highest BCUT2D eigenvalue weighted by Gasteiger charge is 2.25. The normalized spacial score (nSPS) is 14.9. The number of aliphatic hydroxyl groups is 1. The minimum Gasteiger partial charge on any atom is -0.493 e. The van der Waals surface area contributed by atoms with E-state index in [2.05, 4.69) is 46.8 Å². The molecule has 0 aliphatic carbocycles. The number of aliphatic hydroxyl groups excluding tert-OH is 1. The summed E-state index contributed by atoms with van der Waals surface area (Å²) in [7, 11) is 0. The van der Waals surface area contributed by atoms with Gasteiger partial charge in [0.25, 0.3) is 0 Å². The lowest BCUT2D eigenvalue weighted by molar-refractivity contribution is 0.164. The van der Waals surface area contributed by atoms with Gasteiger partial charge < -0.3 is 15.6 Å². The Morgan fingerprint density at radius 1 is 1.29 bits per heavy atom. The molecule has 1 aromatic rings. The third kappa shape index (κ3) is 4.72. The summed E-state index contributed by atoms with van der Waals surface area (Å²) in [6.45, 7) is 13.8. The van der Waals surface area contributed by atoms with E-state index in [1.54, 1.807) is 0 Å². The van der Waals surface area contributed by atoms with Gasteiger partial charge in [-0.3, -0.25) is 0 Å². The molecule has 0 fully saturated rings. The molecule has 3 N–H and O–H groups in total. The Balaban J connectivity index is 3.32. The first-order valence-corrected chi connectivity index (χ1v) is 7.86. The van der Waals surface area contributed by atoms with Crippen molar-refractivity contribution in [1.29, 1.82) is 0 Å². The summed E-state index contributed by atoms with van der Waals surface area (Å²) in [6, 6.07) is 4.38. The summed E-state index contributed by atoms with van der Waals surface area (Å²) in [5.74, 6) is 1.19. The van der Waals surface area contributed by atoms with Crippen molar-refractivity contribution in [2.75, 3.05) is 13.2 Å². The number of nitrogens with two attached hydrogens (primary N) is 1. The van der Waals surface area contributed by atoms with Crippen molar-refractivity contribution in [3.8, 4) is 5.75 Å². The van der Waals surface area contributed by atoms with Crippen LogP contribution in [-0.2, 0) is 5.41 Å². The molecule has 21 heavy (non-hydrogen) atoms. The first-order valence-electron chi connectivity index (χ1n) is 7.86. The maximum Gasteiger partial charge on any atom is 0.126 e. The molecule has 0 saturated carbocycles. The maximum atomic E-state index is 9.84. The van der Waals surface area contributed by atoms with Crippen molar-refractivity contribution in [1.82, 2.24) is 0 Å². The van der Waals surface area contributed by atoms with Gasteiger partial charge in [-0.25, -0.2) is 0 Å². The highest BCUT2D eigenvalue weighted by atomic mass is 16.5. The van der Waals surface area contributed by atoms with E-state index in [9.17, 15) is 5.11 Å². The molecule has 0 aliphatic heterocycles. The van der Waals surface area contributed by atoms with Crippen molar-refractivity contribution < 1.29 is 9.84 Å². The fourth-order valence-corrected chi connectivity index (χ4v) is 2.66. The van der Waals surface area contributed by atoms with E-state index in [-0.39, 0.29) is 11.3 Å². The molecule has 3 nitrogen and oxygen atoms in total.